The lowest BCUT2D eigenvalue weighted by Gasteiger charge is -2.09. The summed E-state index contributed by atoms with van der Waals surface area (Å²) in [7, 11) is 4.00. The van der Waals surface area contributed by atoms with Crippen LogP contribution in [0.4, 0.5) is 0 Å². The van der Waals surface area contributed by atoms with Crippen LogP contribution in [0.5, 0.6) is 0 Å². The second-order valence-electron chi connectivity index (χ2n) is 5.50. The number of hydrogen-bond acceptors (Lipinski definition) is 4. The van der Waals surface area contributed by atoms with Gasteiger partial charge in [0, 0.05) is 32.2 Å². The lowest BCUT2D eigenvalue weighted by atomic mass is 10.2. The molecule has 0 amide bonds. The fourth-order valence-electron chi connectivity index (χ4n) is 2.68. The molecule has 0 aliphatic carbocycles. The van der Waals surface area contributed by atoms with E-state index in [9.17, 15) is 0 Å². The summed E-state index contributed by atoms with van der Waals surface area (Å²) in [6.07, 6.45) is 7.46. The van der Waals surface area contributed by atoms with Crippen molar-refractivity contribution in [3.8, 4) is 17.2 Å². The molecule has 4 aromatic rings. The molecule has 0 bridgehead atoms. The number of rotatable bonds is 2. The molecule has 0 unspecified atom stereocenters. The molecule has 8 heteroatoms. The highest BCUT2D eigenvalue weighted by molar-refractivity contribution is 5.78. The molecule has 1 aromatic carbocycles. The standard InChI is InChI=1S/C16H16N6.CH2O2/c1-11-18-9-15(21(11)3)16-17-6-7-22(16)12-4-5-13-14(8-12)20(2)10-19-13;2-1-3/h4-10H,1-3H3;1H,(H,2,3). The lowest BCUT2D eigenvalue weighted by Crippen LogP contribution is -2.01. The second-order valence-corrected chi connectivity index (χ2v) is 5.50. The summed E-state index contributed by atoms with van der Waals surface area (Å²) in [6, 6.07) is 6.21. The van der Waals surface area contributed by atoms with E-state index in [1.807, 2.05) is 61.1 Å². The lowest BCUT2D eigenvalue weighted by molar-refractivity contribution is -0.122. The largest absolute Gasteiger partial charge is 0.483 e. The zero-order chi connectivity index (χ0) is 18.0. The smallest absolute Gasteiger partial charge is 0.290 e. The molecule has 0 radical (unpaired) electrons. The van der Waals surface area contributed by atoms with Crippen molar-refractivity contribution >= 4 is 17.5 Å². The van der Waals surface area contributed by atoms with Crippen molar-refractivity contribution < 1.29 is 9.90 Å². The van der Waals surface area contributed by atoms with Gasteiger partial charge in [0.2, 0.25) is 0 Å². The first-order chi connectivity index (χ1) is 12.1. The molecule has 3 aromatic heterocycles. The van der Waals surface area contributed by atoms with Crippen LogP contribution in [-0.4, -0.2) is 40.2 Å². The summed E-state index contributed by atoms with van der Waals surface area (Å²) in [5, 5.41) is 6.89. The van der Waals surface area contributed by atoms with Gasteiger partial charge in [0.15, 0.2) is 5.82 Å². The molecule has 3 heterocycles. The predicted octanol–water partition coefficient (Wildman–Crippen LogP) is 2.17. The molecular formula is C17H18N6O2. The molecule has 0 atom stereocenters. The van der Waals surface area contributed by atoms with E-state index < -0.39 is 0 Å². The minimum absolute atomic E-state index is 0.250. The van der Waals surface area contributed by atoms with Gasteiger partial charge in [-0.1, -0.05) is 0 Å². The maximum absolute atomic E-state index is 8.36. The Morgan fingerprint density at radius 1 is 1.16 bits per heavy atom. The van der Waals surface area contributed by atoms with Crippen LogP contribution >= 0.6 is 0 Å². The summed E-state index contributed by atoms with van der Waals surface area (Å²) < 4.78 is 6.13. The van der Waals surface area contributed by atoms with Gasteiger partial charge in [0.1, 0.15) is 11.5 Å². The van der Waals surface area contributed by atoms with Crippen LogP contribution in [0.3, 0.4) is 0 Å². The van der Waals surface area contributed by atoms with Gasteiger partial charge in [0.25, 0.3) is 6.47 Å². The van der Waals surface area contributed by atoms with Crippen molar-refractivity contribution in [3.63, 3.8) is 0 Å². The Kier molecular flexibility index (Phi) is 4.34. The van der Waals surface area contributed by atoms with Crippen LogP contribution in [-0.2, 0) is 18.9 Å². The number of hydrogen-bond donors (Lipinski definition) is 1. The first-order valence-corrected chi connectivity index (χ1v) is 7.58. The van der Waals surface area contributed by atoms with Crippen LogP contribution in [0, 0.1) is 6.92 Å². The quantitative estimate of drug-likeness (QED) is 0.566. The number of imidazole rings is 3. The van der Waals surface area contributed by atoms with E-state index in [0.29, 0.717) is 0 Å². The Labute approximate surface area is 144 Å². The SMILES string of the molecule is Cc1ncc(-c2nccn2-c2ccc3ncn(C)c3c2)n1C.O=CO. The van der Waals surface area contributed by atoms with Gasteiger partial charge in [0.05, 0.1) is 23.6 Å². The maximum Gasteiger partial charge on any atom is 0.290 e. The topological polar surface area (TPSA) is 90.8 Å². The molecule has 1 N–H and O–H groups in total. The van der Waals surface area contributed by atoms with Crippen LogP contribution in [0.25, 0.3) is 28.2 Å². The van der Waals surface area contributed by atoms with Crippen molar-refractivity contribution in [1.82, 2.24) is 28.7 Å². The van der Waals surface area contributed by atoms with Gasteiger partial charge < -0.3 is 14.2 Å². The zero-order valence-corrected chi connectivity index (χ0v) is 14.2. The van der Waals surface area contributed by atoms with Crippen molar-refractivity contribution in [2.45, 2.75) is 6.92 Å². The van der Waals surface area contributed by atoms with E-state index >= 15 is 0 Å². The van der Waals surface area contributed by atoms with Gasteiger partial charge >= 0.3 is 0 Å². The monoisotopic (exact) mass is 338 g/mol. The normalized spacial score (nSPS) is 10.5. The zero-order valence-electron chi connectivity index (χ0n) is 14.2. The fraction of sp³-hybridized carbons (Fsp3) is 0.176. The highest BCUT2D eigenvalue weighted by atomic mass is 16.3. The van der Waals surface area contributed by atoms with Crippen molar-refractivity contribution in [2.24, 2.45) is 14.1 Å². The summed E-state index contributed by atoms with van der Waals surface area (Å²) >= 11 is 0. The fourth-order valence-corrected chi connectivity index (χ4v) is 2.68. The molecule has 0 fully saturated rings. The molecule has 128 valence electrons. The van der Waals surface area contributed by atoms with Crippen LogP contribution < -0.4 is 0 Å². The number of carbonyl (C=O) groups is 1. The Morgan fingerprint density at radius 2 is 1.92 bits per heavy atom. The molecule has 0 spiro atoms. The molecule has 0 aliphatic heterocycles. The molecule has 25 heavy (non-hydrogen) atoms. The average Bonchev–Trinajstić information content (AvgIpc) is 3.30. The molecular weight excluding hydrogens is 320 g/mol. The minimum atomic E-state index is -0.250. The van der Waals surface area contributed by atoms with Crippen molar-refractivity contribution in [1.29, 1.82) is 0 Å². The molecule has 0 aliphatic rings. The highest BCUT2D eigenvalue weighted by Gasteiger charge is 2.13. The van der Waals surface area contributed by atoms with Crippen LogP contribution in [0.2, 0.25) is 0 Å². The van der Waals surface area contributed by atoms with E-state index in [4.69, 9.17) is 9.90 Å². The third-order valence-electron chi connectivity index (χ3n) is 4.08. The van der Waals surface area contributed by atoms with Gasteiger partial charge in [-0.3, -0.25) is 9.36 Å². The van der Waals surface area contributed by atoms with Gasteiger partial charge in [-0.05, 0) is 25.1 Å². The molecule has 0 saturated carbocycles. The molecule has 4 rings (SSSR count). The first kappa shape index (κ1) is 16.4. The second kappa shape index (κ2) is 6.60. The third-order valence-corrected chi connectivity index (χ3v) is 4.08. The van der Waals surface area contributed by atoms with E-state index in [0.717, 1.165) is 34.1 Å². The number of aromatic nitrogens is 6. The number of carboxylic acid groups (broad SMARTS) is 1. The van der Waals surface area contributed by atoms with E-state index in [2.05, 4.69) is 31.7 Å². The van der Waals surface area contributed by atoms with Crippen molar-refractivity contribution in [3.05, 3.63) is 48.9 Å². The average molecular weight is 338 g/mol. The Morgan fingerprint density at radius 3 is 2.60 bits per heavy atom. The summed E-state index contributed by atoms with van der Waals surface area (Å²) in [5.41, 5.74) is 4.14. The summed E-state index contributed by atoms with van der Waals surface area (Å²) in [4.78, 5) is 21.6. The van der Waals surface area contributed by atoms with E-state index in [1.54, 1.807) is 0 Å². The number of aryl methyl sites for hydroxylation is 2. The predicted molar refractivity (Wildman–Crippen MR) is 93.5 cm³/mol. The van der Waals surface area contributed by atoms with Crippen LogP contribution in [0.1, 0.15) is 5.82 Å². The Bertz CT molecular complexity index is 1030. The van der Waals surface area contributed by atoms with Gasteiger partial charge in [-0.2, -0.15) is 0 Å². The summed E-state index contributed by atoms with van der Waals surface area (Å²) in [5.74, 6) is 1.84. The third kappa shape index (κ3) is 2.89. The number of fused-ring (bicyclic) bond motifs is 1. The van der Waals surface area contributed by atoms with E-state index in [-0.39, 0.29) is 6.47 Å². The Hall–Kier alpha value is -3.42. The Balaban J connectivity index is 0.000000569. The van der Waals surface area contributed by atoms with Crippen molar-refractivity contribution in [2.75, 3.05) is 0 Å². The number of nitrogens with zero attached hydrogens (tertiary/aromatic N) is 6. The molecule has 0 saturated heterocycles. The van der Waals surface area contributed by atoms with Gasteiger partial charge in [-0.15, -0.1) is 0 Å². The van der Waals surface area contributed by atoms with Crippen LogP contribution in [0.15, 0.2) is 43.1 Å². The summed E-state index contributed by atoms with van der Waals surface area (Å²) in [6.45, 7) is 1.73. The van der Waals surface area contributed by atoms with Gasteiger partial charge in [-0.25, -0.2) is 15.0 Å². The first-order valence-electron chi connectivity index (χ1n) is 7.58. The highest BCUT2D eigenvalue weighted by Crippen LogP contribution is 2.24. The minimum Gasteiger partial charge on any atom is -0.483 e. The maximum atomic E-state index is 8.36. The molecule has 8 nitrogen and oxygen atoms in total. The van der Waals surface area contributed by atoms with E-state index in [1.165, 1.54) is 0 Å². The number of benzene rings is 1.